The van der Waals surface area contributed by atoms with Crippen LogP contribution in [0.3, 0.4) is 0 Å². The second-order valence-corrected chi connectivity index (χ2v) is 6.20. The quantitative estimate of drug-likeness (QED) is 0.875. The fraction of sp³-hybridized carbons (Fsp3) is 0.471. The van der Waals surface area contributed by atoms with Gasteiger partial charge in [0, 0.05) is 18.5 Å². The van der Waals surface area contributed by atoms with Crippen molar-refractivity contribution in [1.29, 1.82) is 0 Å². The highest BCUT2D eigenvalue weighted by atomic mass is 16.3. The van der Waals surface area contributed by atoms with Gasteiger partial charge in [0.15, 0.2) is 5.76 Å². The molecule has 0 radical (unpaired) electrons. The molecule has 2 aliphatic heterocycles. The summed E-state index contributed by atoms with van der Waals surface area (Å²) in [4.78, 5) is 14.6. The van der Waals surface area contributed by atoms with Crippen molar-refractivity contribution in [3.63, 3.8) is 0 Å². The number of amides is 1. The van der Waals surface area contributed by atoms with Gasteiger partial charge in [0.05, 0.1) is 0 Å². The molecule has 2 aliphatic rings. The van der Waals surface area contributed by atoms with E-state index in [0.29, 0.717) is 5.76 Å². The van der Waals surface area contributed by atoms with Crippen LogP contribution in [0.2, 0.25) is 0 Å². The molecule has 2 saturated heterocycles. The zero-order chi connectivity index (χ0) is 14.2. The maximum absolute atomic E-state index is 12.7. The van der Waals surface area contributed by atoms with Crippen molar-refractivity contribution in [2.45, 2.75) is 12.8 Å². The number of fused-ring (bicyclic) bond motifs is 2. The van der Waals surface area contributed by atoms with Crippen molar-refractivity contribution in [1.82, 2.24) is 10.2 Å². The van der Waals surface area contributed by atoms with Gasteiger partial charge in [-0.05, 0) is 49.9 Å². The van der Waals surface area contributed by atoms with Crippen LogP contribution in [-0.4, -0.2) is 37.0 Å². The van der Waals surface area contributed by atoms with Crippen LogP contribution in [-0.2, 0) is 0 Å². The number of hydrogen-bond donors (Lipinski definition) is 1. The Morgan fingerprint density at radius 3 is 2.57 bits per heavy atom. The fourth-order valence-corrected chi connectivity index (χ4v) is 3.66. The van der Waals surface area contributed by atoms with Crippen LogP contribution < -0.4 is 5.32 Å². The van der Waals surface area contributed by atoms with Gasteiger partial charge in [-0.25, -0.2) is 0 Å². The second kappa shape index (κ2) is 5.19. The number of likely N-dealkylation sites (tertiary alicyclic amines) is 1. The molecule has 0 aliphatic carbocycles. The van der Waals surface area contributed by atoms with E-state index in [0.717, 1.165) is 61.8 Å². The third-order valence-corrected chi connectivity index (χ3v) is 4.94. The van der Waals surface area contributed by atoms with Gasteiger partial charge in [-0.3, -0.25) is 4.79 Å². The van der Waals surface area contributed by atoms with Crippen molar-refractivity contribution in [2.75, 3.05) is 26.2 Å². The summed E-state index contributed by atoms with van der Waals surface area (Å²) in [5.41, 5.74) is 0.789. The Balaban J connectivity index is 1.54. The SMILES string of the molecule is O=C(c1cc2ccccc2o1)N1CC[C@@H]2CNC[C@@H]2CC1. The molecule has 21 heavy (non-hydrogen) atoms. The lowest BCUT2D eigenvalue weighted by Gasteiger charge is -2.19. The summed E-state index contributed by atoms with van der Waals surface area (Å²) < 4.78 is 5.71. The summed E-state index contributed by atoms with van der Waals surface area (Å²) in [5.74, 6) is 1.98. The van der Waals surface area contributed by atoms with Gasteiger partial charge < -0.3 is 14.6 Å². The second-order valence-electron chi connectivity index (χ2n) is 6.20. The number of furan rings is 1. The topological polar surface area (TPSA) is 45.5 Å². The maximum atomic E-state index is 12.7. The molecule has 0 saturated carbocycles. The molecule has 1 amide bonds. The standard InChI is InChI=1S/C17H20N2O2/c20-17(16-9-12-3-1-2-4-15(12)21-16)19-7-5-13-10-18-11-14(13)6-8-19/h1-4,9,13-14,18H,5-8,10-11H2/t13-,14+. The van der Waals surface area contributed by atoms with E-state index in [4.69, 9.17) is 4.42 Å². The van der Waals surface area contributed by atoms with Gasteiger partial charge >= 0.3 is 0 Å². The zero-order valence-corrected chi connectivity index (χ0v) is 12.0. The third-order valence-electron chi connectivity index (χ3n) is 4.94. The fourth-order valence-electron chi connectivity index (χ4n) is 3.66. The first-order valence-corrected chi connectivity index (χ1v) is 7.80. The molecular weight excluding hydrogens is 264 g/mol. The van der Waals surface area contributed by atoms with E-state index < -0.39 is 0 Å². The smallest absolute Gasteiger partial charge is 0.289 e. The lowest BCUT2D eigenvalue weighted by Crippen LogP contribution is -2.32. The van der Waals surface area contributed by atoms with Crippen LogP contribution in [0.25, 0.3) is 11.0 Å². The highest BCUT2D eigenvalue weighted by Gasteiger charge is 2.32. The number of hydrogen-bond acceptors (Lipinski definition) is 3. The molecule has 0 unspecified atom stereocenters. The van der Waals surface area contributed by atoms with Crippen molar-refractivity contribution < 1.29 is 9.21 Å². The minimum absolute atomic E-state index is 0.0409. The third kappa shape index (κ3) is 2.33. The molecule has 3 heterocycles. The molecule has 1 aromatic heterocycles. The Bertz CT molecular complexity index is 617. The Kier molecular flexibility index (Phi) is 3.19. The van der Waals surface area contributed by atoms with Gasteiger partial charge in [-0.2, -0.15) is 0 Å². The van der Waals surface area contributed by atoms with Crippen LogP contribution in [0, 0.1) is 11.8 Å². The van der Waals surface area contributed by atoms with Gasteiger partial charge in [0.2, 0.25) is 0 Å². The predicted octanol–water partition coefficient (Wildman–Crippen LogP) is 2.50. The Labute approximate surface area is 124 Å². The molecule has 1 aromatic carbocycles. The Morgan fingerprint density at radius 1 is 1.14 bits per heavy atom. The van der Waals surface area contributed by atoms with Crippen molar-refractivity contribution in [3.8, 4) is 0 Å². The number of benzene rings is 1. The van der Waals surface area contributed by atoms with E-state index >= 15 is 0 Å². The zero-order valence-electron chi connectivity index (χ0n) is 12.0. The molecule has 0 bridgehead atoms. The van der Waals surface area contributed by atoms with E-state index in [1.54, 1.807) is 0 Å². The molecule has 4 heteroatoms. The van der Waals surface area contributed by atoms with E-state index in [9.17, 15) is 4.79 Å². The monoisotopic (exact) mass is 284 g/mol. The summed E-state index contributed by atoms with van der Waals surface area (Å²) >= 11 is 0. The molecule has 2 atom stereocenters. The highest BCUT2D eigenvalue weighted by Crippen LogP contribution is 2.28. The van der Waals surface area contributed by atoms with E-state index in [-0.39, 0.29) is 5.91 Å². The average Bonchev–Trinajstić information content (AvgIpc) is 3.09. The molecule has 1 N–H and O–H groups in total. The first-order chi connectivity index (χ1) is 10.3. The molecule has 2 aromatic rings. The number of carbonyl (C=O) groups is 1. The summed E-state index contributed by atoms with van der Waals surface area (Å²) in [5, 5.41) is 4.46. The van der Waals surface area contributed by atoms with Crippen LogP contribution in [0.15, 0.2) is 34.7 Å². The number of carbonyl (C=O) groups excluding carboxylic acids is 1. The summed E-state index contributed by atoms with van der Waals surface area (Å²) in [6, 6.07) is 9.65. The van der Waals surface area contributed by atoms with Gasteiger partial charge in [-0.1, -0.05) is 18.2 Å². The van der Waals surface area contributed by atoms with Gasteiger partial charge in [0.1, 0.15) is 5.58 Å². The maximum Gasteiger partial charge on any atom is 0.289 e. The van der Waals surface area contributed by atoms with Crippen molar-refractivity contribution in [2.24, 2.45) is 11.8 Å². The number of nitrogens with one attached hydrogen (secondary N) is 1. The lowest BCUT2D eigenvalue weighted by atomic mass is 9.92. The summed E-state index contributed by atoms with van der Waals surface area (Å²) in [7, 11) is 0. The summed E-state index contributed by atoms with van der Waals surface area (Å²) in [6.45, 7) is 3.91. The minimum Gasteiger partial charge on any atom is -0.451 e. The number of para-hydroxylation sites is 1. The van der Waals surface area contributed by atoms with Crippen LogP contribution in [0.4, 0.5) is 0 Å². The van der Waals surface area contributed by atoms with Gasteiger partial charge in [0.25, 0.3) is 5.91 Å². The predicted molar refractivity (Wildman–Crippen MR) is 81.2 cm³/mol. The van der Waals surface area contributed by atoms with Crippen molar-refractivity contribution >= 4 is 16.9 Å². The van der Waals surface area contributed by atoms with E-state index in [1.165, 1.54) is 0 Å². The van der Waals surface area contributed by atoms with E-state index in [2.05, 4.69) is 5.32 Å². The Hall–Kier alpha value is -1.81. The molecule has 110 valence electrons. The Morgan fingerprint density at radius 2 is 1.86 bits per heavy atom. The van der Waals surface area contributed by atoms with Crippen molar-refractivity contribution in [3.05, 3.63) is 36.1 Å². The lowest BCUT2D eigenvalue weighted by molar-refractivity contribution is 0.0729. The largest absolute Gasteiger partial charge is 0.451 e. The van der Waals surface area contributed by atoms with Crippen LogP contribution in [0.1, 0.15) is 23.4 Å². The molecule has 4 rings (SSSR count). The first-order valence-electron chi connectivity index (χ1n) is 7.80. The molecule has 4 nitrogen and oxygen atoms in total. The first kappa shape index (κ1) is 12.9. The summed E-state index contributed by atoms with van der Waals surface area (Å²) in [6.07, 6.45) is 2.20. The molecule has 0 spiro atoms. The van der Waals surface area contributed by atoms with Crippen LogP contribution >= 0.6 is 0 Å². The molecular formula is C17H20N2O2. The van der Waals surface area contributed by atoms with Crippen LogP contribution in [0.5, 0.6) is 0 Å². The highest BCUT2D eigenvalue weighted by molar-refractivity contribution is 5.96. The minimum atomic E-state index is 0.0409. The van der Waals surface area contributed by atoms with Gasteiger partial charge in [-0.15, -0.1) is 0 Å². The molecule has 2 fully saturated rings. The average molecular weight is 284 g/mol. The number of rotatable bonds is 1. The normalized spacial score (nSPS) is 25.8. The van der Waals surface area contributed by atoms with E-state index in [1.807, 2.05) is 35.2 Å². The number of nitrogens with zero attached hydrogens (tertiary/aromatic N) is 1.